The van der Waals surface area contributed by atoms with Crippen molar-refractivity contribution in [1.82, 2.24) is 0 Å². The van der Waals surface area contributed by atoms with Gasteiger partial charge in [0.2, 0.25) is 0 Å². The zero-order valence-corrected chi connectivity index (χ0v) is 18.1. The molecule has 0 aliphatic carbocycles. The molecule has 0 N–H and O–H groups in total. The Bertz CT molecular complexity index is 1160. The zero-order valence-electron chi connectivity index (χ0n) is 17.3. The number of hydrogen-bond donors (Lipinski definition) is 0. The number of para-hydroxylation sites is 1. The van der Waals surface area contributed by atoms with E-state index < -0.39 is 0 Å². The van der Waals surface area contributed by atoms with Crippen LogP contribution in [0.1, 0.15) is 18.1 Å². The Balaban J connectivity index is 1.54. The Morgan fingerprint density at radius 1 is 0.938 bits per heavy atom. The van der Waals surface area contributed by atoms with E-state index in [0.717, 1.165) is 17.3 Å². The van der Waals surface area contributed by atoms with Gasteiger partial charge in [-0.15, -0.1) is 0 Å². The first-order valence-corrected chi connectivity index (χ1v) is 10.8. The van der Waals surface area contributed by atoms with Crippen molar-refractivity contribution >= 4 is 34.7 Å². The van der Waals surface area contributed by atoms with Crippen LogP contribution in [-0.4, -0.2) is 17.8 Å². The van der Waals surface area contributed by atoms with Gasteiger partial charge < -0.3 is 9.47 Å². The number of ether oxygens (including phenoxy) is 2. The van der Waals surface area contributed by atoms with Gasteiger partial charge in [-0.1, -0.05) is 36.4 Å². The minimum atomic E-state index is -0.360. The molecule has 32 heavy (non-hydrogen) atoms. The van der Waals surface area contributed by atoms with E-state index >= 15 is 0 Å². The molecule has 0 atom stereocenters. The Kier molecular flexibility index (Phi) is 6.56. The highest BCUT2D eigenvalue weighted by Crippen LogP contribution is 2.37. The van der Waals surface area contributed by atoms with E-state index in [-0.39, 0.29) is 23.6 Å². The van der Waals surface area contributed by atoms with E-state index in [1.54, 1.807) is 60.7 Å². The molecule has 0 aromatic heterocycles. The van der Waals surface area contributed by atoms with Gasteiger partial charge in [-0.2, -0.15) is 0 Å². The first-order chi connectivity index (χ1) is 15.5. The normalized spacial score (nSPS) is 14.8. The van der Waals surface area contributed by atoms with Crippen molar-refractivity contribution in [1.29, 1.82) is 0 Å². The van der Waals surface area contributed by atoms with E-state index in [0.29, 0.717) is 34.3 Å². The number of amides is 2. The number of halogens is 1. The van der Waals surface area contributed by atoms with Gasteiger partial charge in [0.05, 0.1) is 17.2 Å². The number of carbonyl (C=O) groups excluding carboxylic acids is 2. The molecule has 0 spiro atoms. The third kappa shape index (κ3) is 4.84. The lowest BCUT2D eigenvalue weighted by molar-refractivity contribution is -0.113. The van der Waals surface area contributed by atoms with Crippen LogP contribution in [-0.2, 0) is 11.4 Å². The average Bonchev–Trinajstić information content (AvgIpc) is 3.08. The summed E-state index contributed by atoms with van der Waals surface area (Å²) < 4.78 is 24.6. The Morgan fingerprint density at radius 3 is 2.41 bits per heavy atom. The lowest BCUT2D eigenvalue weighted by atomic mass is 10.1. The maximum absolute atomic E-state index is 13.1. The predicted molar refractivity (Wildman–Crippen MR) is 123 cm³/mol. The van der Waals surface area contributed by atoms with Crippen LogP contribution < -0.4 is 14.4 Å². The molecule has 7 heteroatoms. The summed E-state index contributed by atoms with van der Waals surface area (Å²) in [5, 5.41) is -0.336. The summed E-state index contributed by atoms with van der Waals surface area (Å²) in [6, 6.07) is 20.2. The Morgan fingerprint density at radius 2 is 1.69 bits per heavy atom. The third-order valence-corrected chi connectivity index (χ3v) is 5.55. The maximum Gasteiger partial charge on any atom is 0.298 e. The van der Waals surface area contributed by atoms with E-state index in [1.165, 1.54) is 17.0 Å². The summed E-state index contributed by atoms with van der Waals surface area (Å²) in [6.45, 7) is 2.55. The fraction of sp³-hybridized carbons (Fsp3) is 0.120. The standard InChI is InChI=1S/C25H20FNO4S/c1-2-30-22-14-18(10-13-21(22)31-16-17-8-11-19(26)12-9-17)15-23-24(28)27(25(29)32-23)20-6-4-3-5-7-20/h3-15H,2,16H2,1H3/b23-15+. The predicted octanol–water partition coefficient (Wildman–Crippen LogP) is 6.04. The number of rotatable bonds is 7. The van der Waals surface area contributed by atoms with Crippen LogP contribution in [0.5, 0.6) is 11.5 Å². The average molecular weight is 450 g/mol. The lowest BCUT2D eigenvalue weighted by Crippen LogP contribution is -2.27. The van der Waals surface area contributed by atoms with Crippen molar-refractivity contribution < 1.29 is 23.5 Å². The largest absolute Gasteiger partial charge is 0.490 e. The zero-order chi connectivity index (χ0) is 22.5. The first kappa shape index (κ1) is 21.6. The van der Waals surface area contributed by atoms with Crippen LogP contribution in [0.15, 0.2) is 77.7 Å². The molecule has 5 nitrogen and oxygen atoms in total. The van der Waals surface area contributed by atoms with Crippen LogP contribution in [0.3, 0.4) is 0 Å². The molecule has 1 fully saturated rings. The molecule has 0 bridgehead atoms. The van der Waals surface area contributed by atoms with Crippen molar-refractivity contribution in [2.75, 3.05) is 11.5 Å². The van der Waals surface area contributed by atoms with Crippen molar-refractivity contribution in [3.8, 4) is 11.5 Å². The van der Waals surface area contributed by atoms with Gasteiger partial charge >= 0.3 is 0 Å². The molecular formula is C25H20FNO4S. The number of thioether (sulfide) groups is 1. The molecule has 3 aromatic rings. The summed E-state index contributed by atoms with van der Waals surface area (Å²) in [5.74, 6) is 0.391. The van der Waals surface area contributed by atoms with Gasteiger partial charge in [0.15, 0.2) is 11.5 Å². The molecule has 162 valence electrons. The molecule has 0 saturated carbocycles. The van der Waals surface area contributed by atoms with Gasteiger partial charge in [0.1, 0.15) is 12.4 Å². The Hall–Kier alpha value is -3.58. The number of anilines is 1. The number of benzene rings is 3. The molecule has 4 rings (SSSR count). The fourth-order valence-electron chi connectivity index (χ4n) is 3.16. The highest BCUT2D eigenvalue weighted by Gasteiger charge is 2.36. The van der Waals surface area contributed by atoms with Gasteiger partial charge in [0.25, 0.3) is 11.1 Å². The van der Waals surface area contributed by atoms with Crippen molar-refractivity contribution in [3.05, 3.63) is 94.6 Å². The highest BCUT2D eigenvalue weighted by atomic mass is 32.2. The number of nitrogens with zero attached hydrogens (tertiary/aromatic N) is 1. The second-order valence-corrected chi connectivity index (χ2v) is 7.90. The maximum atomic E-state index is 13.1. The minimum Gasteiger partial charge on any atom is -0.490 e. The van der Waals surface area contributed by atoms with E-state index in [1.807, 2.05) is 13.0 Å². The van der Waals surface area contributed by atoms with Crippen LogP contribution in [0, 0.1) is 5.82 Å². The molecule has 2 amide bonds. The molecule has 0 unspecified atom stereocenters. The lowest BCUT2D eigenvalue weighted by Gasteiger charge is -2.13. The topological polar surface area (TPSA) is 55.8 Å². The monoisotopic (exact) mass is 449 g/mol. The van der Waals surface area contributed by atoms with Gasteiger partial charge in [-0.25, -0.2) is 9.29 Å². The molecule has 1 saturated heterocycles. The van der Waals surface area contributed by atoms with E-state index in [9.17, 15) is 14.0 Å². The smallest absolute Gasteiger partial charge is 0.298 e. The van der Waals surface area contributed by atoms with Gasteiger partial charge in [-0.3, -0.25) is 9.59 Å². The van der Waals surface area contributed by atoms with Crippen molar-refractivity contribution in [2.24, 2.45) is 0 Å². The minimum absolute atomic E-state index is 0.260. The number of imide groups is 1. The first-order valence-electron chi connectivity index (χ1n) is 10.0. The summed E-state index contributed by atoms with van der Waals surface area (Å²) in [5.41, 5.74) is 2.08. The summed E-state index contributed by atoms with van der Waals surface area (Å²) in [6.07, 6.45) is 1.67. The fourth-order valence-corrected chi connectivity index (χ4v) is 4.00. The van der Waals surface area contributed by atoms with Gasteiger partial charge in [-0.05, 0) is 72.3 Å². The van der Waals surface area contributed by atoms with Crippen LogP contribution in [0.4, 0.5) is 14.9 Å². The van der Waals surface area contributed by atoms with Crippen LogP contribution in [0.25, 0.3) is 6.08 Å². The van der Waals surface area contributed by atoms with Crippen LogP contribution >= 0.6 is 11.8 Å². The second-order valence-electron chi connectivity index (χ2n) is 6.91. The molecule has 0 radical (unpaired) electrons. The van der Waals surface area contributed by atoms with E-state index in [2.05, 4.69) is 0 Å². The second kappa shape index (κ2) is 9.70. The van der Waals surface area contributed by atoms with Gasteiger partial charge in [0, 0.05) is 0 Å². The highest BCUT2D eigenvalue weighted by molar-refractivity contribution is 8.19. The Labute approximate surface area is 189 Å². The summed E-state index contributed by atoms with van der Waals surface area (Å²) >= 11 is 0.899. The summed E-state index contributed by atoms with van der Waals surface area (Å²) in [4.78, 5) is 26.7. The molecule has 1 aliphatic heterocycles. The molecular weight excluding hydrogens is 429 g/mol. The SMILES string of the molecule is CCOc1cc(/C=C2/SC(=O)N(c3ccccc3)C2=O)ccc1OCc1ccc(F)cc1. The van der Waals surface area contributed by atoms with Crippen molar-refractivity contribution in [3.63, 3.8) is 0 Å². The van der Waals surface area contributed by atoms with E-state index in [4.69, 9.17) is 9.47 Å². The summed E-state index contributed by atoms with van der Waals surface area (Å²) in [7, 11) is 0. The third-order valence-electron chi connectivity index (χ3n) is 4.68. The molecule has 3 aromatic carbocycles. The van der Waals surface area contributed by atoms with Crippen molar-refractivity contribution in [2.45, 2.75) is 13.5 Å². The number of hydrogen-bond acceptors (Lipinski definition) is 5. The molecule has 1 aliphatic rings. The molecule has 1 heterocycles. The quantitative estimate of drug-likeness (QED) is 0.411. The van der Waals surface area contributed by atoms with Crippen LogP contribution in [0.2, 0.25) is 0 Å². The number of carbonyl (C=O) groups is 2.